The van der Waals surface area contributed by atoms with Gasteiger partial charge in [-0.25, -0.2) is 0 Å². The molecule has 0 spiro atoms. The van der Waals surface area contributed by atoms with E-state index in [1.54, 1.807) is 12.1 Å². The molecule has 3 rings (SSSR count). The summed E-state index contributed by atoms with van der Waals surface area (Å²) >= 11 is 12.2. The van der Waals surface area contributed by atoms with Gasteiger partial charge in [0.15, 0.2) is 5.75 Å². The van der Waals surface area contributed by atoms with Crippen molar-refractivity contribution >= 4 is 35.6 Å². The summed E-state index contributed by atoms with van der Waals surface area (Å²) in [6.45, 7) is 3.82. The van der Waals surface area contributed by atoms with Gasteiger partial charge in [-0.2, -0.15) is 0 Å². The smallest absolute Gasteiger partial charge is 0.156 e. The zero-order chi connectivity index (χ0) is 13.9. The summed E-state index contributed by atoms with van der Waals surface area (Å²) in [5, 5.41) is 4.84. The van der Waals surface area contributed by atoms with Crippen molar-refractivity contribution in [2.75, 3.05) is 26.2 Å². The molecule has 2 unspecified atom stereocenters. The van der Waals surface area contributed by atoms with Gasteiger partial charge in [0.2, 0.25) is 0 Å². The Balaban J connectivity index is 0.00000161. The number of likely N-dealkylation sites (tertiary alicyclic amines) is 1. The highest BCUT2D eigenvalue weighted by Crippen LogP contribution is 2.32. The highest BCUT2D eigenvalue weighted by atomic mass is 35.5. The van der Waals surface area contributed by atoms with Gasteiger partial charge >= 0.3 is 0 Å². The normalized spacial score (nSPS) is 25.2. The average Bonchev–Trinajstić information content (AvgIpc) is 2.75. The molecule has 2 aliphatic heterocycles. The van der Waals surface area contributed by atoms with Crippen LogP contribution < -0.4 is 10.1 Å². The number of hydrogen-bond acceptors (Lipinski definition) is 3. The second kappa shape index (κ2) is 7.89. The predicted molar refractivity (Wildman–Crippen MR) is 90.2 cm³/mol. The second-order valence-electron chi connectivity index (χ2n) is 5.63. The van der Waals surface area contributed by atoms with Crippen LogP contribution in [0.5, 0.6) is 5.75 Å². The van der Waals surface area contributed by atoms with Crippen LogP contribution in [0.1, 0.15) is 19.3 Å². The molecule has 1 N–H and O–H groups in total. The molecule has 2 saturated heterocycles. The van der Waals surface area contributed by atoms with E-state index in [1.807, 2.05) is 6.07 Å². The van der Waals surface area contributed by atoms with Gasteiger partial charge in [-0.15, -0.1) is 12.4 Å². The van der Waals surface area contributed by atoms with Crippen molar-refractivity contribution in [3.63, 3.8) is 0 Å². The zero-order valence-electron chi connectivity index (χ0n) is 11.9. The first-order valence-corrected chi connectivity index (χ1v) is 8.03. The fourth-order valence-corrected chi connectivity index (χ4v) is 3.62. The van der Waals surface area contributed by atoms with Gasteiger partial charge in [-0.1, -0.05) is 29.3 Å². The fraction of sp³-hybridized carbons (Fsp3) is 0.600. The van der Waals surface area contributed by atoms with E-state index in [9.17, 15) is 0 Å². The molecule has 0 aliphatic carbocycles. The van der Waals surface area contributed by atoms with E-state index in [1.165, 1.54) is 19.3 Å². The van der Waals surface area contributed by atoms with Crippen molar-refractivity contribution in [2.45, 2.75) is 31.3 Å². The van der Waals surface area contributed by atoms with Crippen molar-refractivity contribution in [2.24, 2.45) is 0 Å². The van der Waals surface area contributed by atoms with Gasteiger partial charge in [0, 0.05) is 25.2 Å². The van der Waals surface area contributed by atoms with E-state index >= 15 is 0 Å². The van der Waals surface area contributed by atoms with Crippen LogP contribution in [0.15, 0.2) is 18.2 Å². The lowest BCUT2D eigenvalue weighted by atomic mass is 10.1. The molecule has 2 fully saturated rings. The molecule has 0 saturated carbocycles. The van der Waals surface area contributed by atoms with Crippen LogP contribution in [0.2, 0.25) is 10.0 Å². The molecule has 3 nitrogen and oxygen atoms in total. The third kappa shape index (κ3) is 4.40. The Hall–Kier alpha value is -0.190. The number of fused-ring (bicyclic) bond motifs is 2. The van der Waals surface area contributed by atoms with Gasteiger partial charge in [-0.05, 0) is 37.9 Å². The first-order valence-electron chi connectivity index (χ1n) is 7.27. The van der Waals surface area contributed by atoms with Gasteiger partial charge in [0.1, 0.15) is 6.61 Å². The maximum atomic E-state index is 6.10. The highest BCUT2D eigenvalue weighted by molar-refractivity contribution is 6.37. The lowest BCUT2D eigenvalue weighted by Gasteiger charge is -2.24. The summed E-state index contributed by atoms with van der Waals surface area (Å²) < 4.78 is 5.77. The monoisotopic (exact) mass is 350 g/mol. The minimum absolute atomic E-state index is 0. The summed E-state index contributed by atoms with van der Waals surface area (Å²) in [5.74, 6) is 0.602. The molecule has 21 heavy (non-hydrogen) atoms. The standard InChI is InChI=1S/C15H20Cl2N2O.ClH/c16-13-2-1-3-14(17)15(13)20-9-8-19-7-6-11-4-5-12(10-19)18-11;/h1-3,11-12,18H,4-10H2;1H. The molecule has 2 atom stereocenters. The molecule has 1 aromatic rings. The topological polar surface area (TPSA) is 24.5 Å². The molecule has 118 valence electrons. The third-order valence-electron chi connectivity index (χ3n) is 4.18. The summed E-state index contributed by atoms with van der Waals surface area (Å²) in [6.07, 6.45) is 3.88. The van der Waals surface area contributed by atoms with Crippen LogP contribution in [0.4, 0.5) is 0 Å². The first-order chi connectivity index (χ1) is 9.72. The molecule has 0 aromatic heterocycles. The second-order valence-corrected chi connectivity index (χ2v) is 6.44. The third-order valence-corrected chi connectivity index (χ3v) is 4.78. The summed E-state index contributed by atoms with van der Waals surface area (Å²) in [7, 11) is 0. The van der Waals surface area contributed by atoms with Gasteiger partial charge < -0.3 is 10.1 Å². The summed E-state index contributed by atoms with van der Waals surface area (Å²) in [4.78, 5) is 2.47. The molecule has 2 bridgehead atoms. The summed E-state index contributed by atoms with van der Waals surface area (Å²) in [6, 6.07) is 6.82. The largest absolute Gasteiger partial charge is 0.489 e. The molecule has 2 aliphatic rings. The van der Waals surface area contributed by atoms with Crippen LogP contribution >= 0.6 is 35.6 Å². The predicted octanol–water partition coefficient (Wildman–Crippen LogP) is 3.62. The van der Waals surface area contributed by atoms with E-state index in [4.69, 9.17) is 27.9 Å². The molecule has 6 heteroatoms. The number of halogens is 3. The summed E-state index contributed by atoms with van der Waals surface area (Å²) in [5.41, 5.74) is 0. The van der Waals surface area contributed by atoms with Crippen molar-refractivity contribution in [3.8, 4) is 5.75 Å². The Kier molecular flexibility index (Phi) is 6.45. The van der Waals surface area contributed by atoms with E-state index < -0.39 is 0 Å². The first kappa shape index (κ1) is 17.2. The average molecular weight is 352 g/mol. The number of para-hydroxylation sites is 1. The quantitative estimate of drug-likeness (QED) is 0.896. The van der Waals surface area contributed by atoms with Crippen LogP contribution in [0.25, 0.3) is 0 Å². The molecule has 1 aromatic carbocycles. The van der Waals surface area contributed by atoms with Crippen molar-refractivity contribution in [1.29, 1.82) is 0 Å². The van der Waals surface area contributed by atoms with Crippen LogP contribution in [-0.4, -0.2) is 43.2 Å². The maximum Gasteiger partial charge on any atom is 0.156 e. The molecular weight excluding hydrogens is 331 g/mol. The van der Waals surface area contributed by atoms with E-state index in [0.717, 1.165) is 25.7 Å². The number of rotatable bonds is 4. The number of benzene rings is 1. The van der Waals surface area contributed by atoms with Crippen molar-refractivity contribution in [1.82, 2.24) is 10.2 Å². The van der Waals surface area contributed by atoms with E-state index in [2.05, 4.69) is 10.2 Å². The van der Waals surface area contributed by atoms with Crippen LogP contribution in [-0.2, 0) is 0 Å². The Morgan fingerprint density at radius 2 is 1.86 bits per heavy atom. The van der Waals surface area contributed by atoms with Gasteiger partial charge in [0.25, 0.3) is 0 Å². The number of hydrogen-bond donors (Lipinski definition) is 1. The Morgan fingerprint density at radius 3 is 2.62 bits per heavy atom. The SMILES string of the molecule is Cl.Clc1cccc(Cl)c1OCCN1CCC2CCC(C1)N2. The van der Waals surface area contributed by atoms with Gasteiger partial charge in [0.05, 0.1) is 10.0 Å². The molecule has 2 heterocycles. The lowest BCUT2D eigenvalue weighted by Crippen LogP contribution is -2.37. The molecular formula is C15H21Cl3N2O. The molecule has 0 radical (unpaired) electrons. The maximum absolute atomic E-state index is 6.10. The Morgan fingerprint density at radius 1 is 1.14 bits per heavy atom. The van der Waals surface area contributed by atoms with Crippen LogP contribution in [0, 0.1) is 0 Å². The number of nitrogens with zero attached hydrogens (tertiary/aromatic N) is 1. The zero-order valence-corrected chi connectivity index (χ0v) is 14.2. The van der Waals surface area contributed by atoms with E-state index in [-0.39, 0.29) is 12.4 Å². The number of ether oxygens (including phenoxy) is 1. The highest BCUT2D eigenvalue weighted by Gasteiger charge is 2.28. The van der Waals surface area contributed by atoms with Crippen molar-refractivity contribution in [3.05, 3.63) is 28.2 Å². The minimum atomic E-state index is 0. The van der Waals surface area contributed by atoms with E-state index in [0.29, 0.717) is 28.4 Å². The Bertz CT molecular complexity index is 452. The fourth-order valence-electron chi connectivity index (χ4n) is 3.12. The van der Waals surface area contributed by atoms with Gasteiger partial charge in [-0.3, -0.25) is 4.90 Å². The van der Waals surface area contributed by atoms with Crippen LogP contribution in [0.3, 0.4) is 0 Å². The Labute approximate surface area is 142 Å². The lowest BCUT2D eigenvalue weighted by molar-refractivity contribution is 0.201. The molecule has 0 amide bonds. The minimum Gasteiger partial charge on any atom is -0.489 e. The van der Waals surface area contributed by atoms with Crippen molar-refractivity contribution < 1.29 is 4.74 Å². The number of nitrogens with one attached hydrogen (secondary N) is 1.